The van der Waals surface area contributed by atoms with Crippen LogP contribution in [0.15, 0.2) is 0 Å². The summed E-state index contributed by atoms with van der Waals surface area (Å²) in [6.07, 6.45) is 7.27. The lowest BCUT2D eigenvalue weighted by molar-refractivity contribution is -0.111. The van der Waals surface area contributed by atoms with Crippen LogP contribution in [-0.4, -0.2) is 20.5 Å². The highest BCUT2D eigenvalue weighted by Crippen LogP contribution is 2.21. The van der Waals surface area contributed by atoms with Crippen molar-refractivity contribution in [1.29, 1.82) is 0 Å². The van der Waals surface area contributed by atoms with Crippen molar-refractivity contribution in [2.24, 2.45) is 5.92 Å². The SMILES string of the molecule is CC.COC.O=CC1CCCCC1. The molecule has 80 valence electrons. The van der Waals surface area contributed by atoms with E-state index in [0.717, 1.165) is 19.1 Å². The molecular formula is C11H24O2. The number of aldehydes is 1. The van der Waals surface area contributed by atoms with Gasteiger partial charge in [-0.25, -0.2) is 0 Å². The Kier molecular flexibility index (Phi) is 16.5. The van der Waals surface area contributed by atoms with Gasteiger partial charge >= 0.3 is 0 Å². The fraction of sp³-hybridized carbons (Fsp3) is 0.909. The first kappa shape index (κ1) is 15.1. The number of ether oxygens (including phenoxy) is 1. The number of carbonyl (C=O) groups is 1. The van der Waals surface area contributed by atoms with Gasteiger partial charge in [0.1, 0.15) is 6.29 Å². The van der Waals surface area contributed by atoms with E-state index in [2.05, 4.69) is 4.74 Å². The summed E-state index contributed by atoms with van der Waals surface area (Å²) in [4.78, 5) is 10.2. The van der Waals surface area contributed by atoms with Gasteiger partial charge in [-0.2, -0.15) is 0 Å². The first-order chi connectivity index (χ1) is 6.35. The zero-order valence-corrected chi connectivity index (χ0v) is 9.51. The van der Waals surface area contributed by atoms with Crippen LogP contribution in [0.4, 0.5) is 0 Å². The van der Waals surface area contributed by atoms with E-state index in [1.54, 1.807) is 14.2 Å². The van der Waals surface area contributed by atoms with Crippen molar-refractivity contribution in [3.05, 3.63) is 0 Å². The van der Waals surface area contributed by atoms with Gasteiger partial charge in [0.25, 0.3) is 0 Å². The quantitative estimate of drug-likeness (QED) is 0.591. The summed E-state index contributed by atoms with van der Waals surface area (Å²) >= 11 is 0. The topological polar surface area (TPSA) is 26.3 Å². The van der Waals surface area contributed by atoms with Gasteiger partial charge in [-0.15, -0.1) is 0 Å². The highest BCUT2D eigenvalue weighted by atomic mass is 16.4. The molecule has 0 unspecified atom stereocenters. The molecule has 0 atom stereocenters. The largest absolute Gasteiger partial charge is 0.388 e. The molecule has 13 heavy (non-hydrogen) atoms. The van der Waals surface area contributed by atoms with Crippen LogP contribution >= 0.6 is 0 Å². The fourth-order valence-corrected chi connectivity index (χ4v) is 1.27. The molecule has 2 nitrogen and oxygen atoms in total. The van der Waals surface area contributed by atoms with Crippen LogP contribution in [-0.2, 0) is 9.53 Å². The first-order valence-corrected chi connectivity index (χ1v) is 5.20. The second-order valence-corrected chi connectivity index (χ2v) is 2.94. The molecule has 0 spiro atoms. The first-order valence-electron chi connectivity index (χ1n) is 5.20. The Labute approximate surface area is 82.7 Å². The molecule has 0 amide bonds. The highest BCUT2D eigenvalue weighted by Gasteiger charge is 2.10. The zero-order chi connectivity index (χ0) is 10.5. The number of carbonyl (C=O) groups excluding carboxylic acids is 1. The lowest BCUT2D eigenvalue weighted by atomic mass is 9.91. The lowest BCUT2D eigenvalue weighted by Crippen LogP contribution is -2.06. The molecule has 1 aliphatic rings. The van der Waals surface area contributed by atoms with E-state index in [4.69, 9.17) is 0 Å². The molecule has 0 aromatic carbocycles. The second kappa shape index (κ2) is 14.2. The van der Waals surface area contributed by atoms with E-state index in [1.165, 1.54) is 19.3 Å². The molecule has 0 N–H and O–H groups in total. The van der Waals surface area contributed by atoms with Crippen LogP contribution in [0.3, 0.4) is 0 Å². The summed E-state index contributed by atoms with van der Waals surface area (Å²) < 4.78 is 4.25. The van der Waals surface area contributed by atoms with Crippen molar-refractivity contribution >= 4 is 6.29 Å². The molecule has 0 bridgehead atoms. The maximum atomic E-state index is 10.2. The van der Waals surface area contributed by atoms with Gasteiger partial charge in [0.2, 0.25) is 0 Å². The Hall–Kier alpha value is -0.370. The fourth-order valence-electron chi connectivity index (χ4n) is 1.27. The third-order valence-corrected chi connectivity index (χ3v) is 1.84. The summed E-state index contributed by atoms with van der Waals surface area (Å²) in [6, 6.07) is 0. The van der Waals surface area contributed by atoms with Crippen molar-refractivity contribution in [2.45, 2.75) is 46.0 Å². The van der Waals surface area contributed by atoms with E-state index >= 15 is 0 Å². The van der Waals surface area contributed by atoms with Gasteiger partial charge in [0, 0.05) is 20.1 Å². The molecule has 0 heterocycles. The molecular weight excluding hydrogens is 164 g/mol. The van der Waals surface area contributed by atoms with Crippen molar-refractivity contribution in [2.75, 3.05) is 14.2 Å². The van der Waals surface area contributed by atoms with Crippen LogP contribution in [0.2, 0.25) is 0 Å². The van der Waals surface area contributed by atoms with E-state index in [-0.39, 0.29) is 0 Å². The molecule has 0 saturated heterocycles. The molecule has 0 radical (unpaired) electrons. The van der Waals surface area contributed by atoms with Crippen LogP contribution in [0, 0.1) is 5.92 Å². The van der Waals surface area contributed by atoms with Gasteiger partial charge in [0.15, 0.2) is 0 Å². The Morgan fingerprint density at radius 1 is 1.08 bits per heavy atom. The molecule has 0 aliphatic heterocycles. The summed E-state index contributed by atoms with van der Waals surface area (Å²) in [5.74, 6) is 0.406. The Morgan fingerprint density at radius 3 is 1.69 bits per heavy atom. The van der Waals surface area contributed by atoms with Gasteiger partial charge in [-0.3, -0.25) is 0 Å². The Morgan fingerprint density at radius 2 is 1.46 bits per heavy atom. The standard InChI is InChI=1S/C7H12O.C2H6O.C2H6/c8-6-7-4-2-1-3-5-7;1-3-2;1-2/h6-7H,1-5H2;1-2H3;1-2H3. The summed E-state index contributed by atoms with van der Waals surface area (Å²) in [5.41, 5.74) is 0. The van der Waals surface area contributed by atoms with E-state index < -0.39 is 0 Å². The monoisotopic (exact) mass is 188 g/mol. The number of rotatable bonds is 1. The van der Waals surface area contributed by atoms with E-state index in [0.29, 0.717) is 5.92 Å². The minimum absolute atomic E-state index is 0.406. The van der Waals surface area contributed by atoms with Crippen molar-refractivity contribution < 1.29 is 9.53 Å². The maximum Gasteiger partial charge on any atom is 0.123 e. The van der Waals surface area contributed by atoms with Crippen LogP contribution in [0.25, 0.3) is 0 Å². The third kappa shape index (κ3) is 11.6. The van der Waals surface area contributed by atoms with Gasteiger partial charge in [0.05, 0.1) is 0 Å². The summed E-state index contributed by atoms with van der Waals surface area (Å²) in [5, 5.41) is 0. The minimum Gasteiger partial charge on any atom is -0.388 e. The summed E-state index contributed by atoms with van der Waals surface area (Å²) in [7, 11) is 3.25. The Balaban J connectivity index is 0. The van der Waals surface area contributed by atoms with Crippen molar-refractivity contribution in [3.8, 4) is 0 Å². The zero-order valence-electron chi connectivity index (χ0n) is 9.51. The predicted octanol–water partition coefficient (Wildman–Crippen LogP) is 3.05. The molecule has 2 heteroatoms. The van der Waals surface area contributed by atoms with E-state index in [9.17, 15) is 4.79 Å². The molecule has 0 aromatic rings. The molecule has 1 rings (SSSR count). The number of hydrogen-bond acceptors (Lipinski definition) is 2. The molecule has 1 saturated carbocycles. The number of hydrogen-bond donors (Lipinski definition) is 0. The van der Waals surface area contributed by atoms with E-state index in [1.807, 2.05) is 13.8 Å². The smallest absolute Gasteiger partial charge is 0.123 e. The van der Waals surface area contributed by atoms with Crippen LogP contribution in [0.1, 0.15) is 46.0 Å². The van der Waals surface area contributed by atoms with Crippen molar-refractivity contribution in [3.63, 3.8) is 0 Å². The summed E-state index contributed by atoms with van der Waals surface area (Å²) in [6.45, 7) is 4.00. The average Bonchev–Trinajstić information content (AvgIpc) is 2.23. The van der Waals surface area contributed by atoms with Gasteiger partial charge < -0.3 is 9.53 Å². The van der Waals surface area contributed by atoms with Gasteiger partial charge in [-0.1, -0.05) is 33.1 Å². The third-order valence-electron chi connectivity index (χ3n) is 1.84. The average molecular weight is 188 g/mol. The molecule has 1 fully saturated rings. The highest BCUT2D eigenvalue weighted by molar-refractivity contribution is 5.53. The van der Waals surface area contributed by atoms with Crippen LogP contribution in [0.5, 0.6) is 0 Å². The van der Waals surface area contributed by atoms with Crippen molar-refractivity contribution in [1.82, 2.24) is 0 Å². The number of methoxy groups -OCH3 is 1. The van der Waals surface area contributed by atoms with Gasteiger partial charge in [-0.05, 0) is 12.8 Å². The normalized spacial score (nSPS) is 16.0. The Bertz CT molecular complexity index is 86.1. The second-order valence-electron chi connectivity index (χ2n) is 2.94. The van der Waals surface area contributed by atoms with Crippen LogP contribution < -0.4 is 0 Å². The molecule has 0 aromatic heterocycles. The maximum absolute atomic E-state index is 10.2. The minimum atomic E-state index is 0.406. The molecule has 1 aliphatic carbocycles. The predicted molar refractivity (Wildman–Crippen MR) is 56.9 cm³/mol. The lowest BCUT2D eigenvalue weighted by Gasteiger charge is -2.14.